The average molecular weight is 395 g/mol. The molecule has 5 heteroatoms. The van der Waals surface area contributed by atoms with Gasteiger partial charge in [0, 0.05) is 12.5 Å². The van der Waals surface area contributed by atoms with Gasteiger partial charge < -0.3 is 19.1 Å². The van der Waals surface area contributed by atoms with E-state index in [1.807, 2.05) is 29.2 Å². The zero-order valence-corrected chi connectivity index (χ0v) is 17.4. The number of ether oxygens (including phenoxy) is 3. The largest absolute Gasteiger partial charge is 0.493 e. The molecule has 1 unspecified atom stereocenters. The van der Waals surface area contributed by atoms with Crippen LogP contribution in [0.5, 0.6) is 17.2 Å². The van der Waals surface area contributed by atoms with Gasteiger partial charge in [-0.1, -0.05) is 19.1 Å². The summed E-state index contributed by atoms with van der Waals surface area (Å²) in [7, 11) is 3.29. The van der Waals surface area contributed by atoms with Gasteiger partial charge in [0.25, 0.3) is 0 Å². The lowest BCUT2D eigenvalue weighted by molar-refractivity contribution is -0.136. The minimum atomic E-state index is -0.127. The summed E-state index contributed by atoms with van der Waals surface area (Å²) in [5.41, 5.74) is 3.56. The molecule has 2 aliphatic rings. The van der Waals surface area contributed by atoms with Crippen molar-refractivity contribution in [1.29, 1.82) is 0 Å². The highest BCUT2D eigenvalue weighted by atomic mass is 16.5. The van der Waals surface area contributed by atoms with Crippen molar-refractivity contribution < 1.29 is 19.0 Å². The van der Waals surface area contributed by atoms with Gasteiger partial charge in [-0.2, -0.15) is 0 Å². The van der Waals surface area contributed by atoms with Crippen LogP contribution in [0.15, 0.2) is 36.4 Å². The second-order valence-electron chi connectivity index (χ2n) is 7.79. The lowest BCUT2D eigenvalue weighted by Gasteiger charge is -2.37. The van der Waals surface area contributed by atoms with Crippen molar-refractivity contribution in [2.75, 3.05) is 27.4 Å². The number of hydrogen-bond donors (Lipinski definition) is 0. The molecule has 1 aliphatic carbocycles. The fourth-order valence-corrected chi connectivity index (χ4v) is 4.03. The highest BCUT2D eigenvalue weighted by molar-refractivity contribution is 5.82. The third-order valence-corrected chi connectivity index (χ3v) is 5.95. The van der Waals surface area contributed by atoms with E-state index in [0.29, 0.717) is 18.9 Å². The molecule has 1 saturated carbocycles. The summed E-state index contributed by atoms with van der Waals surface area (Å²) in [6, 6.07) is 12.1. The first-order valence-electron chi connectivity index (χ1n) is 10.4. The summed E-state index contributed by atoms with van der Waals surface area (Å²) < 4.78 is 17.1. The highest BCUT2D eigenvalue weighted by Gasteiger charge is 2.39. The Morgan fingerprint density at radius 3 is 2.38 bits per heavy atom. The maximum Gasteiger partial charge on any atom is 0.226 e. The fourth-order valence-electron chi connectivity index (χ4n) is 4.03. The first-order valence-corrected chi connectivity index (χ1v) is 10.4. The van der Waals surface area contributed by atoms with Gasteiger partial charge in [-0.3, -0.25) is 4.79 Å². The topological polar surface area (TPSA) is 48.0 Å². The van der Waals surface area contributed by atoms with Crippen molar-refractivity contribution in [2.24, 2.45) is 5.92 Å². The van der Waals surface area contributed by atoms with E-state index in [0.717, 1.165) is 42.7 Å². The van der Waals surface area contributed by atoms with Crippen LogP contribution in [0.3, 0.4) is 0 Å². The second-order valence-corrected chi connectivity index (χ2v) is 7.79. The molecule has 0 bridgehead atoms. The fraction of sp³-hybridized carbons (Fsp3) is 0.458. The first kappa shape index (κ1) is 19.6. The minimum Gasteiger partial charge on any atom is -0.493 e. The Balaban J connectivity index is 1.63. The quantitative estimate of drug-likeness (QED) is 0.706. The van der Waals surface area contributed by atoms with Crippen LogP contribution in [0.2, 0.25) is 0 Å². The van der Waals surface area contributed by atoms with Gasteiger partial charge in [0.1, 0.15) is 12.4 Å². The van der Waals surface area contributed by atoms with Gasteiger partial charge >= 0.3 is 0 Å². The van der Waals surface area contributed by atoms with Crippen molar-refractivity contribution in [1.82, 2.24) is 4.90 Å². The molecule has 0 spiro atoms. The van der Waals surface area contributed by atoms with Crippen molar-refractivity contribution in [3.05, 3.63) is 53.1 Å². The molecular formula is C24H29NO4. The molecule has 1 heterocycles. The van der Waals surface area contributed by atoms with E-state index in [4.69, 9.17) is 14.2 Å². The number of amides is 1. The van der Waals surface area contributed by atoms with Gasteiger partial charge in [-0.15, -0.1) is 0 Å². The molecule has 29 heavy (non-hydrogen) atoms. The number of hydrogen-bond acceptors (Lipinski definition) is 4. The summed E-state index contributed by atoms with van der Waals surface area (Å²) in [5.74, 6) is 2.67. The monoisotopic (exact) mass is 395 g/mol. The zero-order chi connectivity index (χ0) is 20.4. The van der Waals surface area contributed by atoms with Gasteiger partial charge in [-0.25, -0.2) is 0 Å². The summed E-state index contributed by atoms with van der Waals surface area (Å²) in [6.45, 7) is 3.27. The Morgan fingerprint density at radius 1 is 1.07 bits per heavy atom. The van der Waals surface area contributed by atoms with Crippen LogP contribution in [-0.2, 0) is 17.6 Å². The molecular weight excluding hydrogens is 366 g/mol. The van der Waals surface area contributed by atoms with E-state index in [1.165, 1.54) is 11.1 Å². The van der Waals surface area contributed by atoms with Crippen LogP contribution in [0.1, 0.15) is 42.5 Å². The Morgan fingerprint density at radius 2 is 1.76 bits per heavy atom. The van der Waals surface area contributed by atoms with Crippen LogP contribution in [0, 0.1) is 5.92 Å². The molecule has 0 radical (unpaired) electrons. The van der Waals surface area contributed by atoms with Crippen LogP contribution in [0.4, 0.5) is 0 Å². The van der Waals surface area contributed by atoms with Crippen molar-refractivity contribution >= 4 is 5.91 Å². The smallest absolute Gasteiger partial charge is 0.226 e. The molecule has 1 amide bonds. The zero-order valence-electron chi connectivity index (χ0n) is 17.4. The molecule has 0 N–H and O–H groups in total. The number of benzene rings is 2. The first-order chi connectivity index (χ1) is 14.1. The molecule has 4 rings (SSSR count). The minimum absolute atomic E-state index is 0.127. The van der Waals surface area contributed by atoms with Crippen LogP contribution < -0.4 is 14.2 Å². The van der Waals surface area contributed by atoms with E-state index in [9.17, 15) is 4.79 Å². The van der Waals surface area contributed by atoms with E-state index in [1.54, 1.807) is 14.2 Å². The third kappa shape index (κ3) is 4.04. The lowest BCUT2D eigenvalue weighted by atomic mass is 9.91. The Bertz CT molecular complexity index is 873. The maximum absolute atomic E-state index is 13.0. The van der Waals surface area contributed by atoms with Crippen molar-refractivity contribution in [2.45, 2.75) is 38.6 Å². The van der Waals surface area contributed by atoms with Crippen LogP contribution in [0.25, 0.3) is 0 Å². The van der Waals surface area contributed by atoms with Crippen molar-refractivity contribution in [3.8, 4) is 17.2 Å². The van der Waals surface area contributed by atoms with E-state index < -0.39 is 0 Å². The maximum atomic E-state index is 13.0. The number of nitrogens with zero attached hydrogens (tertiary/aromatic N) is 1. The number of fused-ring (bicyclic) bond motifs is 1. The molecule has 2 aromatic carbocycles. The predicted molar refractivity (Wildman–Crippen MR) is 112 cm³/mol. The van der Waals surface area contributed by atoms with Crippen LogP contribution >= 0.6 is 0 Å². The van der Waals surface area contributed by atoms with E-state index in [2.05, 4.69) is 19.1 Å². The summed E-state index contributed by atoms with van der Waals surface area (Å²) in [4.78, 5) is 15.0. The molecule has 0 saturated heterocycles. The van der Waals surface area contributed by atoms with E-state index >= 15 is 0 Å². The van der Waals surface area contributed by atoms with Gasteiger partial charge in [-0.05, 0) is 66.6 Å². The lowest BCUT2D eigenvalue weighted by Crippen LogP contribution is -2.43. The standard InChI is InChI=1S/C24H29NO4/c1-4-16-5-9-19(10-6-16)29-15-21-20-14-23(28-3)22(27-2)13-18(20)11-12-25(21)24(26)17-7-8-17/h5-6,9-10,13-14,17,21H,4,7-8,11-12,15H2,1-3H3. The number of methoxy groups -OCH3 is 2. The number of rotatable bonds is 7. The Hall–Kier alpha value is -2.69. The van der Waals surface area contributed by atoms with Gasteiger partial charge in [0.15, 0.2) is 11.5 Å². The normalized spacial score (nSPS) is 18.2. The summed E-state index contributed by atoms with van der Waals surface area (Å²) >= 11 is 0. The third-order valence-electron chi connectivity index (χ3n) is 5.95. The van der Waals surface area contributed by atoms with Crippen molar-refractivity contribution in [3.63, 3.8) is 0 Å². The number of carbonyl (C=O) groups is 1. The molecule has 5 nitrogen and oxygen atoms in total. The number of carbonyl (C=O) groups excluding carboxylic acids is 1. The van der Waals surface area contributed by atoms with Gasteiger partial charge in [0.05, 0.1) is 20.3 Å². The van der Waals surface area contributed by atoms with Crippen LogP contribution in [-0.4, -0.2) is 38.2 Å². The molecule has 0 aromatic heterocycles. The molecule has 154 valence electrons. The molecule has 1 aliphatic heterocycles. The summed E-state index contributed by atoms with van der Waals surface area (Å²) in [5, 5.41) is 0. The highest BCUT2D eigenvalue weighted by Crippen LogP contribution is 2.41. The molecule has 1 atom stereocenters. The Labute approximate surface area is 172 Å². The average Bonchev–Trinajstić information content (AvgIpc) is 3.61. The predicted octanol–water partition coefficient (Wildman–Crippen LogP) is 4.18. The Kier molecular flexibility index (Phi) is 5.65. The summed E-state index contributed by atoms with van der Waals surface area (Å²) in [6.07, 6.45) is 3.82. The SMILES string of the molecule is CCc1ccc(OCC2c3cc(OC)c(OC)cc3CCN2C(=O)C2CC2)cc1. The number of aryl methyl sites for hydroxylation is 1. The molecule has 1 fully saturated rings. The second kappa shape index (κ2) is 8.36. The molecule has 2 aromatic rings. The van der Waals surface area contributed by atoms with E-state index in [-0.39, 0.29) is 17.9 Å². The van der Waals surface area contributed by atoms with Gasteiger partial charge in [0.2, 0.25) is 5.91 Å².